The molecular weight excluding hydrogens is 268 g/mol. The van der Waals surface area contributed by atoms with Gasteiger partial charge in [0.05, 0.1) is 18.8 Å². The van der Waals surface area contributed by atoms with E-state index >= 15 is 0 Å². The second-order valence-electron chi connectivity index (χ2n) is 4.69. The Morgan fingerprint density at radius 2 is 1.76 bits per heavy atom. The van der Waals surface area contributed by atoms with Gasteiger partial charge >= 0.3 is 0 Å². The Hall–Kier alpha value is -2.24. The maximum Gasteiger partial charge on any atom is 0.143 e. The number of benzene rings is 2. The number of aliphatic hydroxyl groups is 1. The molecule has 0 aliphatic rings. The van der Waals surface area contributed by atoms with E-state index in [-0.39, 0.29) is 12.4 Å². The van der Waals surface area contributed by atoms with E-state index in [2.05, 4.69) is 0 Å². The first-order valence-corrected chi connectivity index (χ1v) is 6.83. The number of rotatable bonds is 7. The van der Waals surface area contributed by atoms with Gasteiger partial charge in [0, 0.05) is 13.0 Å². The Labute approximate surface area is 124 Å². The minimum atomic E-state index is 0.0992. The van der Waals surface area contributed by atoms with Gasteiger partial charge in [0.25, 0.3) is 0 Å². The lowest BCUT2D eigenvalue weighted by Gasteiger charge is -2.22. The number of para-hydroxylation sites is 2. The fraction of sp³-hybridized carbons (Fsp3) is 0.250. The van der Waals surface area contributed by atoms with Gasteiger partial charge in [-0.2, -0.15) is 0 Å². The summed E-state index contributed by atoms with van der Waals surface area (Å²) in [5, 5.41) is 19.7. The van der Waals surface area contributed by atoms with Crippen molar-refractivity contribution in [3.8, 4) is 11.5 Å². The van der Waals surface area contributed by atoms with Crippen molar-refractivity contribution in [3.05, 3.63) is 54.1 Å². The number of aromatic hydroxyl groups is 1. The van der Waals surface area contributed by atoms with E-state index in [1.54, 1.807) is 17.1 Å². The molecule has 0 bridgehead atoms. The van der Waals surface area contributed by atoms with E-state index in [9.17, 15) is 5.11 Å². The van der Waals surface area contributed by atoms with Gasteiger partial charge in [-0.1, -0.05) is 24.3 Å². The summed E-state index contributed by atoms with van der Waals surface area (Å²) in [4.78, 5) is 0. The number of aliphatic hydroxyl groups excluding tert-OH is 1. The zero-order chi connectivity index (χ0) is 15.1. The normalized spacial score (nSPS) is 10.4. The smallest absolute Gasteiger partial charge is 0.143 e. The van der Waals surface area contributed by atoms with Crippen molar-refractivity contribution in [1.82, 2.24) is 0 Å². The van der Waals surface area contributed by atoms with Gasteiger partial charge in [0.1, 0.15) is 11.5 Å². The molecule has 2 aromatic carbocycles. The molecule has 0 radical (unpaired) electrons. The van der Waals surface area contributed by atoms with Gasteiger partial charge in [-0.05, 0) is 29.8 Å². The molecule has 2 rings (SSSR count). The second kappa shape index (κ2) is 7.52. The summed E-state index contributed by atoms with van der Waals surface area (Å²) < 4.78 is 5.63. The first-order valence-electron chi connectivity index (χ1n) is 6.83. The average molecular weight is 288 g/mol. The third-order valence-electron chi connectivity index (χ3n) is 3.02. The van der Waals surface area contributed by atoms with E-state index in [1.807, 2.05) is 36.4 Å². The molecule has 0 aromatic heterocycles. The molecule has 112 valence electrons. The summed E-state index contributed by atoms with van der Waals surface area (Å²) in [6.45, 7) is 1.04. The summed E-state index contributed by atoms with van der Waals surface area (Å²) in [7, 11) is 0. The van der Waals surface area contributed by atoms with Crippen LogP contribution in [0, 0.1) is 0 Å². The monoisotopic (exact) mass is 288 g/mol. The van der Waals surface area contributed by atoms with Gasteiger partial charge in [-0.25, -0.2) is 5.84 Å². The molecule has 0 atom stereocenters. The third kappa shape index (κ3) is 4.37. The Balaban J connectivity index is 2.07. The zero-order valence-electron chi connectivity index (χ0n) is 11.8. The fourth-order valence-corrected chi connectivity index (χ4v) is 1.95. The van der Waals surface area contributed by atoms with Crippen LogP contribution in [0.5, 0.6) is 11.5 Å². The van der Waals surface area contributed by atoms with Crippen LogP contribution in [0.4, 0.5) is 5.69 Å². The molecule has 5 nitrogen and oxygen atoms in total. The molecule has 0 saturated heterocycles. The van der Waals surface area contributed by atoms with Crippen molar-refractivity contribution in [2.24, 2.45) is 5.84 Å². The molecule has 21 heavy (non-hydrogen) atoms. The quantitative estimate of drug-likeness (QED) is 0.413. The van der Waals surface area contributed by atoms with Gasteiger partial charge in [0.15, 0.2) is 0 Å². The highest BCUT2D eigenvalue weighted by atomic mass is 16.5. The molecular formula is C16H20N2O3. The van der Waals surface area contributed by atoms with Crippen LogP contribution < -0.4 is 15.6 Å². The van der Waals surface area contributed by atoms with Crippen molar-refractivity contribution in [1.29, 1.82) is 0 Å². The zero-order valence-corrected chi connectivity index (χ0v) is 11.8. The van der Waals surface area contributed by atoms with Crippen molar-refractivity contribution in [2.45, 2.75) is 13.0 Å². The first kappa shape index (κ1) is 15.2. The maximum atomic E-state index is 9.29. The first-order chi connectivity index (χ1) is 10.2. The van der Waals surface area contributed by atoms with Gasteiger partial charge in [0.2, 0.25) is 0 Å². The highest BCUT2D eigenvalue weighted by molar-refractivity contribution is 5.57. The highest BCUT2D eigenvalue weighted by Crippen LogP contribution is 2.27. The number of hydrogen-bond acceptors (Lipinski definition) is 5. The number of hydrazine groups is 1. The predicted molar refractivity (Wildman–Crippen MR) is 82.1 cm³/mol. The lowest BCUT2D eigenvalue weighted by molar-refractivity contribution is 0.234. The van der Waals surface area contributed by atoms with Crippen molar-refractivity contribution >= 4 is 5.69 Å². The highest BCUT2D eigenvalue weighted by Gasteiger charge is 2.09. The SMILES string of the molecule is NN(Cc1ccc(O)cc1)c1ccccc1OCCCO. The molecule has 5 heteroatoms. The molecule has 4 N–H and O–H groups in total. The standard InChI is InChI=1S/C16H20N2O3/c17-18(12-13-6-8-14(20)9-7-13)15-4-1-2-5-16(15)21-11-3-10-19/h1-2,4-9,19-20H,3,10-12,17H2. The molecule has 0 heterocycles. The Kier molecular flexibility index (Phi) is 5.43. The van der Waals surface area contributed by atoms with Crippen LogP contribution in [0.15, 0.2) is 48.5 Å². The van der Waals surface area contributed by atoms with Crippen LogP contribution in [0.1, 0.15) is 12.0 Å². The Morgan fingerprint density at radius 1 is 1.05 bits per heavy atom. The van der Waals surface area contributed by atoms with Crippen LogP contribution >= 0.6 is 0 Å². The molecule has 0 saturated carbocycles. The van der Waals surface area contributed by atoms with Gasteiger partial charge in [-0.3, -0.25) is 0 Å². The summed E-state index contributed by atoms with van der Waals surface area (Å²) >= 11 is 0. The molecule has 0 aliphatic heterocycles. The van der Waals surface area contributed by atoms with E-state index in [1.165, 1.54) is 0 Å². The van der Waals surface area contributed by atoms with Crippen LogP contribution in [-0.4, -0.2) is 23.4 Å². The molecule has 0 amide bonds. The topological polar surface area (TPSA) is 79.0 Å². The van der Waals surface area contributed by atoms with Gasteiger partial charge < -0.3 is 20.0 Å². The van der Waals surface area contributed by atoms with E-state index in [0.717, 1.165) is 11.3 Å². The third-order valence-corrected chi connectivity index (χ3v) is 3.02. The summed E-state index contributed by atoms with van der Waals surface area (Å²) in [6.07, 6.45) is 0.580. The van der Waals surface area contributed by atoms with E-state index in [0.29, 0.717) is 25.3 Å². The summed E-state index contributed by atoms with van der Waals surface area (Å²) in [5.41, 5.74) is 1.77. The lowest BCUT2D eigenvalue weighted by atomic mass is 10.2. The molecule has 0 aliphatic carbocycles. The number of nitrogens with zero attached hydrogens (tertiary/aromatic N) is 1. The van der Waals surface area contributed by atoms with Crippen molar-refractivity contribution < 1.29 is 14.9 Å². The molecule has 0 fully saturated rings. The van der Waals surface area contributed by atoms with Crippen LogP contribution in [0.2, 0.25) is 0 Å². The van der Waals surface area contributed by atoms with E-state index in [4.69, 9.17) is 15.7 Å². The summed E-state index contributed by atoms with van der Waals surface area (Å²) in [5.74, 6) is 7.03. The molecule has 0 unspecified atom stereocenters. The van der Waals surface area contributed by atoms with Crippen molar-refractivity contribution in [3.63, 3.8) is 0 Å². The van der Waals surface area contributed by atoms with E-state index < -0.39 is 0 Å². The van der Waals surface area contributed by atoms with Crippen LogP contribution in [0.25, 0.3) is 0 Å². The summed E-state index contributed by atoms with van der Waals surface area (Å²) in [6, 6.07) is 14.4. The fourth-order valence-electron chi connectivity index (χ4n) is 1.95. The van der Waals surface area contributed by atoms with Crippen LogP contribution in [0.3, 0.4) is 0 Å². The number of nitrogens with two attached hydrogens (primary N) is 1. The minimum absolute atomic E-state index is 0.0992. The van der Waals surface area contributed by atoms with Gasteiger partial charge in [-0.15, -0.1) is 0 Å². The molecule has 2 aromatic rings. The second-order valence-corrected chi connectivity index (χ2v) is 4.69. The lowest BCUT2D eigenvalue weighted by Crippen LogP contribution is -2.30. The largest absolute Gasteiger partial charge is 0.508 e. The number of ether oxygens (including phenoxy) is 1. The number of phenolic OH excluding ortho intramolecular Hbond substituents is 1. The minimum Gasteiger partial charge on any atom is -0.508 e. The predicted octanol–water partition coefficient (Wildman–Crippen LogP) is 2.03. The number of phenols is 1. The Bertz CT molecular complexity index is 558. The van der Waals surface area contributed by atoms with Crippen LogP contribution in [-0.2, 0) is 6.54 Å². The average Bonchev–Trinajstić information content (AvgIpc) is 2.50. The number of anilines is 1. The maximum absolute atomic E-state index is 9.29. The molecule has 0 spiro atoms. The Morgan fingerprint density at radius 3 is 2.48 bits per heavy atom. The number of hydrogen-bond donors (Lipinski definition) is 3. The van der Waals surface area contributed by atoms with Crippen molar-refractivity contribution in [2.75, 3.05) is 18.2 Å².